The number of unbranched alkanes of at least 4 members (excludes halogenated alkanes) is 5. The number of hydrogen-bond acceptors (Lipinski definition) is 2. The molecule has 1 atom stereocenters. The summed E-state index contributed by atoms with van der Waals surface area (Å²) >= 11 is 0. The van der Waals surface area contributed by atoms with Gasteiger partial charge in [0, 0.05) is 38.9 Å². The largest absolute Gasteiger partial charge is 0.345 e. The Morgan fingerprint density at radius 2 is 1.52 bits per heavy atom. The molecule has 0 aliphatic rings. The summed E-state index contributed by atoms with van der Waals surface area (Å²) in [6, 6.07) is 12.4. The highest BCUT2D eigenvalue weighted by atomic mass is 16.2. The number of benzene rings is 1. The predicted molar refractivity (Wildman–Crippen MR) is 135 cm³/mol. The first-order valence-corrected chi connectivity index (χ1v) is 12.6. The van der Waals surface area contributed by atoms with Gasteiger partial charge in [0.15, 0.2) is 12.4 Å². The fourth-order valence-electron chi connectivity index (χ4n) is 4.16. The fraction of sp³-hybridized carbons (Fsp3) is 0.552. The van der Waals surface area contributed by atoms with Crippen molar-refractivity contribution in [1.82, 2.24) is 4.90 Å². The molecule has 0 N–H and O–H groups in total. The van der Waals surface area contributed by atoms with Gasteiger partial charge in [-0.2, -0.15) is 0 Å². The van der Waals surface area contributed by atoms with Crippen LogP contribution in [0.25, 0.3) is 0 Å². The Hall–Kier alpha value is -2.49. The standard InChI is InChI=1S/C29H43N2O2/c1-23(2)21-25-15-17-26(18-16-25)24(3)28(32)14-10-8-6-7-9-11-19-31-20-12-13-27(22-31)29(33)30(4)5/h12-13,15-18,20,22-24H,6-11,14,19,21H2,1-5H3/q+1. The smallest absolute Gasteiger partial charge is 0.259 e. The molecule has 1 unspecified atom stereocenters. The average Bonchev–Trinajstić information content (AvgIpc) is 2.79. The second-order valence-corrected chi connectivity index (χ2v) is 9.93. The monoisotopic (exact) mass is 451 g/mol. The normalized spacial score (nSPS) is 12.1. The van der Waals surface area contributed by atoms with E-state index < -0.39 is 0 Å². The number of nitrogens with zero attached hydrogens (tertiary/aromatic N) is 2. The van der Waals surface area contributed by atoms with Crippen LogP contribution in [-0.4, -0.2) is 30.7 Å². The van der Waals surface area contributed by atoms with E-state index in [9.17, 15) is 9.59 Å². The zero-order valence-electron chi connectivity index (χ0n) is 21.3. The molecule has 1 aromatic carbocycles. The Bertz CT molecular complexity index is 871. The second-order valence-electron chi connectivity index (χ2n) is 9.93. The van der Waals surface area contributed by atoms with Crippen LogP contribution >= 0.6 is 0 Å². The van der Waals surface area contributed by atoms with Gasteiger partial charge in [0.2, 0.25) is 0 Å². The molecule has 0 spiro atoms. The summed E-state index contributed by atoms with van der Waals surface area (Å²) in [4.78, 5) is 26.3. The lowest BCUT2D eigenvalue weighted by atomic mass is 9.91. The van der Waals surface area contributed by atoms with Crippen molar-refractivity contribution in [2.75, 3.05) is 14.1 Å². The molecule has 1 heterocycles. The molecule has 0 saturated carbocycles. The van der Waals surface area contributed by atoms with Crippen LogP contribution in [0, 0.1) is 5.92 Å². The van der Waals surface area contributed by atoms with Gasteiger partial charge in [-0.05, 0) is 42.4 Å². The van der Waals surface area contributed by atoms with E-state index in [-0.39, 0.29) is 11.8 Å². The number of hydrogen-bond donors (Lipinski definition) is 0. The van der Waals surface area contributed by atoms with E-state index in [0.717, 1.165) is 43.4 Å². The SMILES string of the molecule is CC(C)Cc1ccc(C(C)C(=O)CCCCCCCC[n+]2cccc(C(=O)N(C)C)c2)cc1. The zero-order valence-corrected chi connectivity index (χ0v) is 21.3. The molecule has 0 bridgehead atoms. The van der Waals surface area contributed by atoms with Gasteiger partial charge in [-0.15, -0.1) is 0 Å². The van der Waals surface area contributed by atoms with Crippen molar-refractivity contribution in [2.24, 2.45) is 5.92 Å². The first-order valence-electron chi connectivity index (χ1n) is 12.6. The summed E-state index contributed by atoms with van der Waals surface area (Å²) in [6.07, 6.45) is 12.5. The lowest BCUT2D eigenvalue weighted by Gasteiger charge is -2.12. The summed E-state index contributed by atoms with van der Waals surface area (Å²) in [7, 11) is 3.55. The quantitative estimate of drug-likeness (QED) is 0.262. The summed E-state index contributed by atoms with van der Waals surface area (Å²) in [6.45, 7) is 7.43. The molecular weight excluding hydrogens is 408 g/mol. The van der Waals surface area contributed by atoms with Crippen molar-refractivity contribution in [3.63, 3.8) is 0 Å². The number of carbonyl (C=O) groups excluding carboxylic acids is 2. The predicted octanol–water partition coefficient (Wildman–Crippen LogP) is 5.98. The topological polar surface area (TPSA) is 41.3 Å². The second kappa shape index (κ2) is 13.9. The summed E-state index contributed by atoms with van der Waals surface area (Å²) in [5.74, 6) is 1.04. The van der Waals surface area contributed by atoms with E-state index in [0.29, 0.717) is 18.1 Å². The fourth-order valence-corrected chi connectivity index (χ4v) is 4.16. The van der Waals surface area contributed by atoms with Crippen LogP contribution < -0.4 is 4.57 Å². The van der Waals surface area contributed by atoms with Crippen molar-refractivity contribution in [1.29, 1.82) is 0 Å². The third kappa shape index (κ3) is 9.49. The number of aromatic nitrogens is 1. The van der Waals surface area contributed by atoms with Crippen LogP contribution in [0.15, 0.2) is 48.8 Å². The molecule has 0 fully saturated rings. The number of pyridine rings is 1. The number of Topliss-reactive ketones (excluding diaryl/α,β-unsaturated/α-hetero) is 1. The van der Waals surface area contributed by atoms with Gasteiger partial charge < -0.3 is 4.90 Å². The Morgan fingerprint density at radius 3 is 2.15 bits per heavy atom. The minimum absolute atomic E-state index is 0.00901. The van der Waals surface area contributed by atoms with Gasteiger partial charge in [-0.1, -0.05) is 64.3 Å². The molecule has 4 nitrogen and oxygen atoms in total. The molecule has 4 heteroatoms. The Labute approximate surface area is 201 Å². The summed E-state index contributed by atoms with van der Waals surface area (Å²) < 4.78 is 2.10. The van der Waals surface area contributed by atoms with Crippen LogP contribution in [0.5, 0.6) is 0 Å². The van der Waals surface area contributed by atoms with Crippen molar-refractivity contribution in [2.45, 2.75) is 84.6 Å². The van der Waals surface area contributed by atoms with E-state index in [4.69, 9.17) is 0 Å². The molecule has 1 amide bonds. The molecule has 0 radical (unpaired) electrons. The van der Waals surface area contributed by atoms with Crippen LogP contribution in [0.2, 0.25) is 0 Å². The van der Waals surface area contributed by atoms with Crippen LogP contribution in [0.4, 0.5) is 0 Å². The average molecular weight is 452 g/mol. The van der Waals surface area contributed by atoms with Gasteiger partial charge in [0.05, 0.1) is 0 Å². The van der Waals surface area contributed by atoms with Crippen molar-refractivity contribution in [3.05, 3.63) is 65.5 Å². The maximum atomic E-state index is 12.6. The zero-order chi connectivity index (χ0) is 24.2. The van der Waals surface area contributed by atoms with Gasteiger partial charge >= 0.3 is 0 Å². The molecular formula is C29H43N2O2+. The number of ketones is 1. The number of rotatable bonds is 14. The van der Waals surface area contributed by atoms with E-state index >= 15 is 0 Å². The third-order valence-corrected chi connectivity index (χ3v) is 6.21. The number of amides is 1. The van der Waals surface area contributed by atoms with Crippen molar-refractivity contribution in [3.8, 4) is 0 Å². The van der Waals surface area contributed by atoms with Crippen LogP contribution in [0.1, 0.15) is 93.1 Å². The lowest BCUT2D eigenvalue weighted by molar-refractivity contribution is -0.697. The van der Waals surface area contributed by atoms with E-state index in [2.05, 4.69) is 42.7 Å². The van der Waals surface area contributed by atoms with E-state index in [1.807, 2.05) is 31.5 Å². The van der Waals surface area contributed by atoms with Gasteiger partial charge in [-0.25, -0.2) is 4.57 Å². The summed E-state index contributed by atoms with van der Waals surface area (Å²) in [5.41, 5.74) is 3.22. The Balaban J connectivity index is 1.59. The number of carbonyl (C=O) groups is 2. The molecule has 2 rings (SSSR count). The van der Waals surface area contributed by atoms with E-state index in [1.165, 1.54) is 24.8 Å². The first-order chi connectivity index (χ1) is 15.8. The van der Waals surface area contributed by atoms with Crippen LogP contribution in [-0.2, 0) is 17.8 Å². The van der Waals surface area contributed by atoms with Gasteiger partial charge in [0.25, 0.3) is 5.91 Å². The molecule has 0 aliphatic carbocycles. The summed E-state index contributed by atoms with van der Waals surface area (Å²) in [5, 5.41) is 0. The molecule has 33 heavy (non-hydrogen) atoms. The Kier molecular flexibility index (Phi) is 11.3. The third-order valence-electron chi connectivity index (χ3n) is 6.21. The minimum atomic E-state index is -0.00901. The Morgan fingerprint density at radius 1 is 0.879 bits per heavy atom. The molecule has 2 aromatic rings. The minimum Gasteiger partial charge on any atom is -0.345 e. The van der Waals surface area contributed by atoms with Crippen molar-refractivity contribution < 1.29 is 14.2 Å². The molecule has 1 aromatic heterocycles. The van der Waals surface area contributed by atoms with Gasteiger partial charge in [-0.3, -0.25) is 9.59 Å². The lowest BCUT2D eigenvalue weighted by Crippen LogP contribution is -2.35. The van der Waals surface area contributed by atoms with Crippen LogP contribution in [0.3, 0.4) is 0 Å². The molecule has 0 aliphatic heterocycles. The highest BCUT2D eigenvalue weighted by molar-refractivity contribution is 5.93. The van der Waals surface area contributed by atoms with Gasteiger partial charge in [0.1, 0.15) is 17.9 Å². The highest BCUT2D eigenvalue weighted by Gasteiger charge is 2.15. The highest BCUT2D eigenvalue weighted by Crippen LogP contribution is 2.21. The molecule has 0 saturated heterocycles. The maximum Gasteiger partial charge on any atom is 0.259 e. The van der Waals surface area contributed by atoms with E-state index in [1.54, 1.807) is 19.0 Å². The van der Waals surface area contributed by atoms with Crippen molar-refractivity contribution >= 4 is 11.7 Å². The first kappa shape index (κ1) is 26.8. The maximum absolute atomic E-state index is 12.6. The molecule has 180 valence electrons. The number of aryl methyl sites for hydroxylation is 1.